The maximum atomic E-state index is 10.9. The molecule has 1 unspecified atom stereocenters. The van der Waals surface area contributed by atoms with E-state index >= 15 is 0 Å². The molecular formula is C12H17N5O4. The summed E-state index contributed by atoms with van der Waals surface area (Å²) in [5.41, 5.74) is 5.37. The average Bonchev–Trinajstić information content (AvgIpc) is 2.46. The summed E-state index contributed by atoms with van der Waals surface area (Å²) in [6.07, 6.45) is 0. The van der Waals surface area contributed by atoms with Crippen LogP contribution in [0.2, 0.25) is 0 Å². The Balaban J connectivity index is 2.04. The molecule has 2 heterocycles. The molecule has 0 bridgehead atoms. The highest BCUT2D eigenvalue weighted by atomic mass is 16.6. The van der Waals surface area contributed by atoms with Gasteiger partial charge in [0.25, 0.3) is 0 Å². The van der Waals surface area contributed by atoms with Gasteiger partial charge < -0.3 is 15.7 Å². The topological polar surface area (TPSA) is 126 Å². The molecule has 21 heavy (non-hydrogen) atoms. The molecule has 2 rings (SSSR count). The Morgan fingerprint density at radius 1 is 1.43 bits per heavy atom. The lowest BCUT2D eigenvalue weighted by atomic mass is 10.2. The lowest BCUT2D eigenvalue weighted by Crippen LogP contribution is -2.52. The van der Waals surface area contributed by atoms with E-state index in [0.717, 1.165) is 0 Å². The fraction of sp³-hybridized carbons (Fsp3) is 0.500. The quantitative estimate of drug-likeness (QED) is 0.594. The van der Waals surface area contributed by atoms with Gasteiger partial charge in [-0.25, -0.2) is 4.98 Å². The molecule has 0 radical (unpaired) electrons. The third-order valence-corrected chi connectivity index (χ3v) is 3.63. The van der Waals surface area contributed by atoms with Crippen molar-refractivity contribution in [2.24, 2.45) is 0 Å². The Labute approximate surface area is 121 Å². The number of nitrogens with two attached hydrogens (primary N) is 1. The number of nitro groups is 1. The molecule has 0 aromatic carbocycles. The molecular weight excluding hydrogens is 278 g/mol. The van der Waals surface area contributed by atoms with Gasteiger partial charge in [-0.05, 0) is 13.0 Å². The molecule has 1 aromatic rings. The fourth-order valence-corrected chi connectivity index (χ4v) is 2.28. The minimum atomic E-state index is -0.846. The summed E-state index contributed by atoms with van der Waals surface area (Å²) in [7, 11) is 0. The van der Waals surface area contributed by atoms with E-state index in [4.69, 9.17) is 10.8 Å². The number of carbonyl (C=O) groups is 1. The summed E-state index contributed by atoms with van der Waals surface area (Å²) in [6, 6.07) is 2.37. The number of rotatable bonds is 4. The number of nitrogen functional groups attached to an aromatic ring is 1. The molecule has 1 aliphatic rings. The summed E-state index contributed by atoms with van der Waals surface area (Å²) in [6.45, 7) is 4.03. The Hall–Kier alpha value is -2.42. The predicted octanol–water partition coefficient (Wildman–Crippen LogP) is 0.167. The van der Waals surface area contributed by atoms with Crippen LogP contribution in [-0.4, -0.2) is 58.1 Å². The summed E-state index contributed by atoms with van der Waals surface area (Å²) in [5, 5.41) is 19.7. The van der Waals surface area contributed by atoms with E-state index in [9.17, 15) is 14.9 Å². The molecule has 114 valence electrons. The molecule has 9 heteroatoms. The van der Waals surface area contributed by atoms with Gasteiger partial charge in [0.05, 0.1) is 4.92 Å². The van der Waals surface area contributed by atoms with Crippen molar-refractivity contribution in [3.05, 3.63) is 22.2 Å². The second-order valence-electron chi connectivity index (χ2n) is 4.87. The van der Waals surface area contributed by atoms with E-state index in [2.05, 4.69) is 4.98 Å². The number of anilines is 2. The molecule has 0 saturated carbocycles. The van der Waals surface area contributed by atoms with Crippen molar-refractivity contribution >= 4 is 23.3 Å². The van der Waals surface area contributed by atoms with Crippen LogP contribution < -0.4 is 10.6 Å². The van der Waals surface area contributed by atoms with Gasteiger partial charge in [0.2, 0.25) is 5.82 Å². The number of carboxylic acid groups (broad SMARTS) is 1. The standard InChI is InChI=1S/C12H17N5O4/c1-8(12(18)19)15-4-6-16(7-5-15)10-3-2-9(17(20)21)11(13)14-10/h2-3,8H,4-7H2,1H3,(H2,13,14)(H,18,19). The van der Waals surface area contributed by atoms with Crippen LogP contribution in [0.4, 0.5) is 17.3 Å². The van der Waals surface area contributed by atoms with Crippen molar-refractivity contribution in [2.75, 3.05) is 36.8 Å². The van der Waals surface area contributed by atoms with E-state index in [0.29, 0.717) is 32.0 Å². The largest absolute Gasteiger partial charge is 0.480 e. The summed E-state index contributed by atoms with van der Waals surface area (Å²) in [4.78, 5) is 28.9. The zero-order chi connectivity index (χ0) is 15.6. The van der Waals surface area contributed by atoms with Crippen LogP contribution in [0.25, 0.3) is 0 Å². The number of hydrogen-bond donors (Lipinski definition) is 2. The van der Waals surface area contributed by atoms with Crippen LogP contribution in [0, 0.1) is 10.1 Å². The van der Waals surface area contributed by atoms with Gasteiger partial charge in [0.15, 0.2) is 0 Å². The van der Waals surface area contributed by atoms with Crippen LogP contribution in [0.15, 0.2) is 12.1 Å². The van der Waals surface area contributed by atoms with Gasteiger partial charge in [-0.1, -0.05) is 0 Å². The summed E-state index contributed by atoms with van der Waals surface area (Å²) >= 11 is 0. The van der Waals surface area contributed by atoms with Crippen LogP contribution in [0.3, 0.4) is 0 Å². The molecule has 1 atom stereocenters. The first-order chi connectivity index (χ1) is 9.90. The zero-order valence-corrected chi connectivity index (χ0v) is 11.6. The second-order valence-corrected chi connectivity index (χ2v) is 4.87. The molecule has 0 spiro atoms. The van der Waals surface area contributed by atoms with Crippen molar-refractivity contribution in [1.29, 1.82) is 0 Å². The molecule has 0 aliphatic carbocycles. The Morgan fingerprint density at radius 2 is 2.05 bits per heavy atom. The van der Waals surface area contributed by atoms with Gasteiger partial charge in [0, 0.05) is 32.2 Å². The first kappa shape index (κ1) is 15.0. The maximum absolute atomic E-state index is 10.9. The van der Waals surface area contributed by atoms with E-state index in [-0.39, 0.29) is 11.5 Å². The molecule has 1 aliphatic heterocycles. The van der Waals surface area contributed by atoms with E-state index in [1.165, 1.54) is 6.07 Å². The van der Waals surface area contributed by atoms with E-state index in [1.807, 2.05) is 9.80 Å². The normalized spacial score (nSPS) is 17.5. The Bertz CT molecular complexity index is 557. The third-order valence-electron chi connectivity index (χ3n) is 3.63. The summed E-state index contributed by atoms with van der Waals surface area (Å²) < 4.78 is 0. The SMILES string of the molecule is CC(C(=O)O)N1CCN(c2ccc([N+](=O)[O-])c(N)n2)CC1. The van der Waals surface area contributed by atoms with Crippen molar-refractivity contribution in [2.45, 2.75) is 13.0 Å². The second kappa shape index (κ2) is 5.92. The van der Waals surface area contributed by atoms with Gasteiger partial charge >= 0.3 is 11.7 Å². The monoisotopic (exact) mass is 295 g/mol. The van der Waals surface area contributed by atoms with Crippen LogP contribution in [0.1, 0.15) is 6.92 Å². The Morgan fingerprint density at radius 3 is 2.52 bits per heavy atom. The lowest BCUT2D eigenvalue weighted by molar-refractivity contribution is -0.384. The number of carboxylic acids is 1. The van der Waals surface area contributed by atoms with Gasteiger partial charge in [0.1, 0.15) is 11.9 Å². The molecule has 0 amide bonds. The highest BCUT2D eigenvalue weighted by Gasteiger charge is 2.26. The van der Waals surface area contributed by atoms with Gasteiger partial charge in [-0.3, -0.25) is 19.8 Å². The Kier molecular flexibility index (Phi) is 4.22. The molecule has 3 N–H and O–H groups in total. The smallest absolute Gasteiger partial charge is 0.320 e. The number of nitrogens with zero attached hydrogens (tertiary/aromatic N) is 4. The first-order valence-corrected chi connectivity index (χ1v) is 6.53. The van der Waals surface area contributed by atoms with Crippen molar-refractivity contribution in [3.63, 3.8) is 0 Å². The lowest BCUT2D eigenvalue weighted by Gasteiger charge is -2.37. The van der Waals surface area contributed by atoms with Gasteiger partial charge in [-0.15, -0.1) is 0 Å². The molecule has 1 fully saturated rings. The number of aliphatic carboxylic acids is 1. The van der Waals surface area contributed by atoms with Crippen LogP contribution >= 0.6 is 0 Å². The van der Waals surface area contributed by atoms with E-state index in [1.54, 1.807) is 13.0 Å². The van der Waals surface area contributed by atoms with Crippen molar-refractivity contribution in [1.82, 2.24) is 9.88 Å². The predicted molar refractivity (Wildman–Crippen MR) is 76.2 cm³/mol. The van der Waals surface area contributed by atoms with Crippen LogP contribution in [-0.2, 0) is 4.79 Å². The summed E-state index contributed by atoms with van der Waals surface area (Å²) in [5.74, 6) is -0.388. The zero-order valence-electron chi connectivity index (χ0n) is 11.6. The average molecular weight is 295 g/mol. The highest BCUT2D eigenvalue weighted by Crippen LogP contribution is 2.23. The van der Waals surface area contributed by atoms with Crippen LogP contribution in [0.5, 0.6) is 0 Å². The molecule has 9 nitrogen and oxygen atoms in total. The number of hydrogen-bond acceptors (Lipinski definition) is 7. The van der Waals surface area contributed by atoms with E-state index < -0.39 is 16.9 Å². The highest BCUT2D eigenvalue weighted by molar-refractivity contribution is 5.73. The molecule has 1 saturated heterocycles. The number of pyridine rings is 1. The maximum Gasteiger partial charge on any atom is 0.320 e. The minimum absolute atomic E-state index is 0.112. The fourth-order valence-electron chi connectivity index (χ4n) is 2.28. The number of piperazine rings is 1. The first-order valence-electron chi connectivity index (χ1n) is 6.53. The van der Waals surface area contributed by atoms with Crippen molar-refractivity contribution in [3.8, 4) is 0 Å². The minimum Gasteiger partial charge on any atom is -0.480 e. The van der Waals surface area contributed by atoms with Gasteiger partial charge in [-0.2, -0.15) is 0 Å². The molecule has 1 aromatic heterocycles. The third kappa shape index (κ3) is 3.19. The number of aromatic nitrogens is 1. The van der Waals surface area contributed by atoms with Crippen molar-refractivity contribution < 1.29 is 14.8 Å².